The summed E-state index contributed by atoms with van der Waals surface area (Å²) in [4.78, 5) is 19.9. The Morgan fingerprint density at radius 1 is 1.28 bits per heavy atom. The number of pyridine rings is 1. The zero-order valence-corrected chi connectivity index (χ0v) is 19.2. The smallest absolute Gasteiger partial charge is 0.197 e. The Bertz CT molecular complexity index is 1080. The highest BCUT2D eigenvalue weighted by Crippen LogP contribution is 2.63. The average Bonchev–Trinajstić information content (AvgIpc) is 3.15. The van der Waals surface area contributed by atoms with E-state index in [0.29, 0.717) is 18.3 Å². The van der Waals surface area contributed by atoms with Crippen molar-refractivity contribution in [3.05, 3.63) is 84.1 Å². The van der Waals surface area contributed by atoms with E-state index in [1.165, 1.54) is 22.9 Å². The number of ketones is 1. The van der Waals surface area contributed by atoms with Gasteiger partial charge in [0.15, 0.2) is 11.5 Å². The number of carbonyl (C=O) groups excluding carboxylic acids is 1. The number of aromatic nitrogens is 1. The van der Waals surface area contributed by atoms with Crippen LogP contribution in [0.3, 0.4) is 0 Å². The Morgan fingerprint density at radius 2 is 2.09 bits per heavy atom. The molecule has 1 saturated carbocycles. The molecule has 166 valence electrons. The molecule has 1 aromatic heterocycles. The van der Waals surface area contributed by atoms with Crippen LogP contribution in [-0.4, -0.2) is 22.1 Å². The normalized spacial score (nSPS) is 32.9. The van der Waals surface area contributed by atoms with Gasteiger partial charge in [0.2, 0.25) is 0 Å². The fourth-order valence-corrected chi connectivity index (χ4v) is 6.19. The summed E-state index contributed by atoms with van der Waals surface area (Å²) in [5.74, 6) is 0.700. The van der Waals surface area contributed by atoms with Crippen molar-refractivity contribution in [2.75, 3.05) is 0 Å². The van der Waals surface area contributed by atoms with Crippen molar-refractivity contribution >= 4 is 17.6 Å². The molecule has 0 aliphatic heterocycles. The molecule has 4 nitrogen and oxygen atoms in total. The lowest BCUT2D eigenvalue weighted by atomic mass is 9.50. The maximum Gasteiger partial charge on any atom is 0.197 e. The Morgan fingerprint density at radius 3 is 2.75 bits per heavy atom. The number of aliphatic hydroxyl groups is 1. The van der Waals surface area contributed by atoms with Crippen LogP contribution in [0.25, 0.3) is 5.57 Å². The number of allylic oxidation sites excluding steroid dienone is 8. The number of fused-ring (bicyclic) bond motifs is 5. The van der Waals surface area contributed by atoms with E-state index in [9.17, 15) is 9.90 Å². The molecule has 0 aromatic carbocycles. The standard InChI is InChI=1S/C24H25NO2.C4H7N/c1-23-11-9-19-16(5-6-20-22(27)21(26)10-12-24(19,20)2)18(23)8-7-17(23)15-4-3-13-25-14-15;1-3-5-4-2/h3-8,13-14,16,19,27H,9-12H2,1-2H3;3-4H,1H2,2H3. The number of aliphatic imine (C=N–C) groups is 1. The largest absolute Gasteiger partial charge is 0.504 e. The second-order valence-corrected chi connectivity index (χ2v) is 9.50. The number of nitrogens with zero attached hydrogens (tertiary/aromatic N) is 2. The number of Topliss-reactive ketones (excluding diaryl/α,β-unsaturated/α-hetero) is 1. The summed E-state index contributed by atoms with van der Waals surface area (Å²) < 4.78 is 0. The zero-order valence-electron chi connectivity index (χ0n) is 19.2. The second-order valence-electron chi connectivity index (χ2n) is 9.50. The van der Waals surface area contributed by atoms with Gasteiger partial charge in [-0.25, -0.2) is 0 Å². The maximum atomic E-state index is 12.0. The van der Waals surface area contributed by atoms with E-state index in [4.69, 9.17) is 0 Å². The molecule has 1 aromatic rings. The van der Waals surface area contributed by atoms with Crippen molar-refractivity contribution in [2.45, 2.75) is 46.5 Å². The highest BCUT2D eigenvalue weighted by molar-refractivity contribution is 5.95. The minimum atomic E-state index is -0.114. The first-order valence-electron chi connectivity index (χ1n) is 11.4. The fourth-order valence-electron chi connectivity index (χ4n) is 6.19. The van der Waals surface area contributed by atoms with Gasteiger partial charge in [0.1, 0.15) is 0 Å². The van der Waals surface area contributed by atoms with Crippen molar-refractivity contribution in [2.24, 2.45) is 27.7 Å². The van der Waals surface area contributed by atoms with E-state index in [2.05, 4.69) is 54.7 Å². The minimum absolute atomic E-state index is 0.00126. The number of rotatable bonds is 2. The zero-order chi connectivity index (χ0) is 22.9. The van der Waals surface area contributed by atoms with Crippen molar-refractivity contribution in [1.82, 2.24) is 4.98 Å². The van der Waals surface area contributed by atoms with Gasteiger partial charge in [0, 0.05) is 53.6 Å². The molecule has 4 aliphatic rings. The minimum Gasteiger partial charge on any atom is -0.504 e. The molecule has 1 heterocycles. The average molecular weight is 429 g/mol. The molecule has 4 aliphatic carbocycles. The lowest BCUT2D eigenvalue weighted by Crippen LogP contribution is -2.46. The van der Waals surface area contributed by atoms with E-state index in [1.807, 2.05) is 31.5 Å². The summed E-state index contributed by atoms with van der Waals surface area (Å²) in [5.41, 5.74) is 4.84. The van der Waals surface area contributed by atoms with Gasteiger partial charge in [0.05, 0.1) is 0 Å². The molecule has 1 fully saturated rings. The molecule has 0 spiro atoms. The molecule has 0 saturated heterocycles. The lowest BCUT2D eigenvalue weighted by molar-refractivity contribution is -0.120. The summed E-state index contributed by atoms with van der Waals surface area (Å²) in [6.45, 7) is 9.82. The Kier molecular flexibility index (Phi) is 5.89. The summed E-state index contributed by atoms with van der Waals surface area (Å²) in [7, 11) is 0. The quantitative estimate of drug-likeness (QED) is 0.554. The summed E-state index contributed by atoms with van der Waals surface area (Å²) >= 11 is 0. The van der Waals surface area contributed by atoms with Gasteiger partial charge in [0.25, 0.3) is 0 Å². The van der Waals surface area contributed by atoms with Gasteiger partial charge in [-0.3, -0.25) is 14.8 Å². The number of aliphatic hydroxyl groups excluding tert-OH is 1. The SMILES string of the molecule is C=CN=CC.CC12CCC3C(C=CC4=C(O)C(=O)CCC43C)C1=CC=C2c1cccnc1. The first kappa shape index (κ1) is 22.2. The molecule has 32 heavy (non-hydrogen) atoms. The van der Waals surface area contributed by atoms with Gasteiger partial charge >= 0.3 is 0 Å². The Labute approximate surface area is 190 Å². The first-order chi connectivity index (χ1) is 15.4. The van der Waals surface area contributed by atoms with E-state index in [-0.39, 0.29) is 22.4 Å². The van der Waals surface area contributed by atoms with Crippen LogP contribution >= 0.6 is 0 Å². The highest BCUT2D eigenvalue weighted by atomic mass is 16.3. The van der Waals surface area contributed by atoms with Gasteiger partial charge in [-0.15, -0.1) is 0 Å². The van der Waals surface area contributed by atoms with Crippen LogP contribution in [0.5, 0.6) is 0 Å². The van der Waals surface area contributed by atoms with Gasteiger partial charge in [-0.2, -0.15) is 0 Å². The first-order valence-corrected chi connectivity index (χ1v) is 11.4. The lowest BCUT2D eigenvalue weighted by Gasteiger charge is -2.53. The van der Waals surface area contributed by atoms with Crippen LogP contribution in [0.2, 0.25) is 0 Å². The number of hydrogen-bond acceptors (Lipinski definition) is 4. The second kappa shape index (κ2) is 8.50. The van der Waals surface area contributed by atoms with Crippen LogP contribution in [-0.2, 0) is 4.79 Å². The molecule has 4 atom stereocenters. The van der Waals surface area contributed by atoms with Crippen LogP contribution in [0.15, 0.2) is 83.5 Å². The number of carbonyl (C=O) groups is 1. The molecule has 0 bridgehead atoms. The molecule has 4 heteroatoms. The fraction of sp³-hybridized carbons (Fsp3) is 0.393. The molecule has 5 rings (SSSR count). The molecule has 4 unspecified atom stereocenters. The molecule has 0 radical (unpaired) electrons. The Hall–Kier alpha value is -3.01. The molecular formula is C28H32N2O2. The van der Waals surface area contributed by atoms with Crippen LogP contribution in [0, 0.1) is 22.7 Å². The third-order valence-electron chi connectivity index (χ3n) is 7.93. The molecular weight excluding hydrogens is 396 g/mol. The molecule has 1 N–H and O–H groups in total. The van der Waals surface area contributed by atoms with Crippen molar-refractivity contribution in [1.29, 1.82) is 0 Å². The van der Waals surface area contributed by atoms with E-state index < -0.39 is 0 Å². The predicted molar refractivity (Wildman–Crippen MR) is 130 cm³/mol. The van der Waals surface area contributed by atoms with Gasteiger partial charge < -0.3 is 5.11 Å². The summed E-state index contributed by atoms with van der Waals surface area (Å²) in [5, 5.41) is 10.4. The highest BCUT2D eigenvalue weighted by Gasteiger charge is 2.54. The predicted octanol–water partition coefficient (Wildman–Crippen LogP) is 6.41. The topological polar surface area (TPSA) is 62.6 Å². The van der Waals surface area contributed by atoms with Gasteiger partial charge in [-0.1, -0.05) is 56.4 Å². The van der Waals surface area contributed by atoms with E-state index in [1.54, 1.807) is 6.21 Å². The summed E-state index contributed by atoms with van der Waals surface area (Å²) in [6.07, 6.45) is 19.3. The van der Waals surface area contributed by atoms with Crippen molar-refractivity contribution in [3.63, 3.8) is 0 Å². The van der Waals surface area contributed by atoms with E-state index >= 15 is 0 Å². The van der Waals surface area contributed by atoms with Gasteiger partial charge in [-0.05, 0) is 49.3 Å². The Balaban J connectivity index is 0.000000444. The van der Waals surface area contributed by atoms with Crippen molar-refractivity contribution < 1.29 is 9.90 Å². The van der Waals surface area contributed by atoms with Crippen LogP contribution in [0.4, 0.5) is 0 Å². The van der Waals surface area contributed by atoms with Crippen LogP contribution in [0.1, 0.15) is 52.0 Å². The third-order valence-corrected chi connectivity index (χ3v) is 7.93. The van der Waals surface area contributed by atoms with Crippen LogP contribution < -0.4 is 0 Å². The maximum absolute atomic E-state index is 12.0. The van der Waals surface area contributed by atoms with Crippen molar-refractivity contribution in [3.8, 4) is 0 Å². The number of hydrogen-bond donors (Lipinski definition) is 1. The molecule has 0 amide bonds. The van der Waals surface area contributed by atoms with E-state index in [0.717, 1.165) is 24.8 Å². The monoisotopic (exact) mass is 428 g/mol. The summed E-state index contributed by atoms with van der Waals surface area (Å²) in [6, 6.07) is 4.15. The third kappa shape index (κ3) is 3.42.